The summed E-state index contributed by atoms with van der Waals surface area (Å²) in [6.45, 7) is 5.28. The maximum Gasteiger partial charge on any atom is -0.00156 e. The molecule has 94 valence electrons. The van der Waals surface area contributed by atoms with E-state index in [4.69, 9.17) is 0 Å². The first-order valence-corrected chi connectivity index (χ1v) is 7.25. The van der Waals surface area contributed by atoms with Crippen LogP contribution in [-0.4, -0.2) is 38.1 Å². The molecule has 2 nitrogen and oxygen atoms in total. The van der Waals surface area contributed by atoms with Crippen LogP contribution in [0.2, 0.25) is 0 Å². The van der Waals surface area contributed by atoms with E-state index < -0.39 is 0 Å². The maximum absolute atomic E-state index is 3.31. The molecule has 2 rings (SSSR count). The van der Waals surface area contributed by atoms with Gasteiger partial charge in [-0.25, -0.2) is 0 Å². The van der Waals surface area contributed by atoms with Gasteiger partial charge in [-0.15, -0.1) is 0 Å². The van der Waals surface area contributed by atoms with Gasteiger partial charge in [0.15, 0.2) is 0 Å². The molecule has 2 aliphatic rings. The molecular formula is C14H28N2. The Morgan fingerprint density at radius 2 is 1.69 bits per heavy atom. The van der Waals surface area contributed by atoms with Gasteiger partial charge in [-0.3, -0.25) is 0 Å². The zero-order valence-corrected chi connectivity index (χ0v) is 10.9. The summed E-state index contributed by atoms with van der Waals surface area (Å²) in [6, 6.07) is 0. The molecule has 2 fully saturated rings. The van der Waals surface area contributed by atoms with E-state index in [1.54, 1.807) is 0 Å². The van der Waals surface area contributed by atoms with Gasteiger partial charge in [0.2, 0.25) is 0 Å². The molecule has 2 heteroatoms. The van der Waals surface area contributed by atoms with Gasteiger partial charge in [0.25, 0.3) is 0 Å². The van der Waals surface area contributed by atoms with Gasteiger partial charge in [-0.05, 0) is 64.3 Å². The highest BCUT2D eigenvalue weighted by molar-refractivity contribution is 4.75. The molecule has 1 heterocycles. The van der Waals surface area contributed by atoms with Crippen LogP contribution in [0.3, 0.4) is 0 Å². The molecule has 0 aromatic rings. The summed E-state index contributed by atoms with van der Waals surface area (Å²) in [6.07, 6.45) is 10.3. The quantitative estimate of drug-likeness (QED) is 0.772. The minimum absolute atomic E-state index is 0.938. The monoisotopic (exact) mass is 224 g/mol. The van der Waals surface area contributed by atoms with Crippen LogP contribution in [0.1, 0.15) is 44.9 Å². The summed E-state index contributed by atoms with van der Waals surface area (Å²) >= 11 is 0. The summed E-state index contributed by atoms with van der Waals surface area (Å²) in [5, 5.41) is 3.31. The molecule has 0 unspecified atom stereocenters. The topological polar surface area (TPSA) is 15.3 Å². The van der Waals surface area contributed by atoms with E-state index in [2.05, 4.69) is 17.3 Å². The van der Waals surface area contributed by atoms with E-state index in [0.29, 0.717) is 0 Å². The lowest BCUT2D eigenvalue weighted by atomic mass is 9.96. The lowest BCUT2D eigenvalue weighted by molar-refractivity contribution is 0.173. The Morgan fingerprint density at radius 1 is 1.00 bits per heavy atom. The molecule has 0 atom stereocenters. The fraction of sp³-hybridized carbons (Fsp3) is 1.00. The first kappa shape index (κ1) is 12.4. The Kier molecular flexibility index (Phi) is 5.11. The number of hydrogen-bond donors (Lipinski definition) is 1. The maximum atomic E-state index is 3.31. The number of nitrogens with zero attached hydrogens (tertiary/aromatic N) is 1. The predicted molar refractivity (Wildman–Crippen MR) is 69.7 cm³/mol. The van der Waals surface area contributed by atoms with Crippen LogP contribution in [-0.2, 0) is 0 Å². The lowest BCUT2D eigenvalue weighted by Gasteiger charge is -2.32. The third-order valence-electron chi connectivity index (χ3n) is 4.53. The Hall–Kier alpha value is -0.0800. The number of likely N-dealkylation sites (tertiary alicyclic amines) is 1. The molecule has 1 saturated heterocycles. The summed E-state index contributed by atoms with van der Waals surface area (Å²) in [5.41, 5.74) is 0. The van der Waals surface area contributed by atoms with Crippen LogP contribution in [0.15, 0.2) is 0 Å². The molecule has 0 aromatic carbocycles. The second-order valence-electron chi connectivity index (χ2n) is 5.78. The number of rotatable bonds is 5. The van der Waals surface area contributed by atoms with E-state index in [-0.39, 0.29) is 0 Å². The van der Waals surface area contributed by atoms with Gasteiger partial charge >= 0.3 is 0 Å². The fourth-order valence-corrected chi connectivity index (χ4v) is 3.37. The Labute approximate surface area is 101 Å². The van der Waals surface area contributed by atoms with Crippen LogP contribution >= 0.6 is 0 Å². The van der Waals surface area contributed by atoms with Crippen LogP contribution < -0.4 is 5.32 Å². The highest BCUT2D eigenvalue weighted by Crippen LogP contribution is 2.28. The van der Waals surface area contributed by atoms with Gasteiger partial charge in [0.1, 0.15) is 0 Å². The molecule has 0 spiro atoms. The zero-order chi connectivity index (χ0) is 11.2. The van der Waals surface area contributed by atoms with Gasteiger partial charge in [0, 0.05) is 0 Å². The fourth-order valence-electron chi connectivity index (χ4n) is 3.37. The molecular weight excluding hydrogens is 196 g/mol. The van der Waals surface area contributed by atoms with Gasteiger partial charge in [-0.2, -0.15) is 0 Å². The van der Waals surface area contributed by atoms with Crippen molar-refractivity contribution in [3.8, 4) is 0 Å². The summed E-state index contributed by atoms with van der Waals surface area (Å²) in [5.74, 6) is 2.00. The van der Waals surface area contributed by atoms with Crippen molar-refractivity contribution < 1.29 is 0 Å². The zero-order valence-electron chi connectivity index (χ0n) is 10.9. The van der Waals surface area contributed by atoms with Gasteiger partial charge in [0.05, 0.1) is 0 Å². The average Bonchev–Trinajstić information content (AvgIpc) is 2.82. The van der Waals surface area contributed by atoms with Gasteiger partial charge in [-0.1, -0.05) is 25.7 Å². The average molecular weight is 224 g/mol. The number of piperidine rings is 1. The third kappa shape index (κ3) is 3.74. The Morgan fingerprint density at radius 3 is 2.31 bits per heavy atom. The second kappa shape index (κ2) is 6.61. The van der Waals surface area contributed by atoms with E-state index in [1.165, 1.54) is 71.1 Å². The van der Waals surface area contributed by atoms with E-state index >= 15 is 0 Å². The predicted octanol–water partition coefficient (Wildman–Crippen LogP) is 2.50. The van der Waals surface area contributed by atoms with Crippen molar-refractivity contribution in [2.24, 2.45) is 11.8 Å². The normalized spacial score (nSPS) is 25.3. The summed E-state index contributed by atoms with van der Waals surface area (Å²) < 4.78 is 0. The third-order valence-corrected chi connectivity index (χ3v) is 4.53. The van der Waals surface area contributed by atoms with Crippen molar-refractivity contribution in [3.05, 3.63) is 0 Å². The molecule has 0 aromatic heterocycles. The number of hydrogen-bond acceptors (Lipinski definition) is 2. The van der Waals surface area contributed by atoms with Crippen molar-refractivity contribution in [2.75, 3.05) is 33.2 Å². The molecule has 16 heavy (non-hydrogen) atoms. The molecule has 0 radical (unpaired) electrons. The SMILES string of the molecule is CNCC1CCN(CCC2CCCC2)CC1. The van der Waals surface area contributed by atoms with Crippen molar-refractivity contribution in [1.82, 2.24) is 10.2 Å². The molecule has 0 bridgehead atoms. The van der Waals surface area contributed by atoms with Crippen molar-refractivity contribution in [1.29, 1.82) is 0 Å². The molecule has 0 amide bonds. The lowest BCUT2D eigenvalue weighted by Crippen LogP contribution is -2.37. The molecule has 1 saturated carbocycles. The molecule has 1 N–H and O–H groups in total. The van der Waals surface area contributed by atoms with E-state index in [0.717, 1.165) is 11.8 Å². The van der Waals surface area contributed by atoms with Gasteiger partial charge < -0.3 is 10.2 Å². The first-order chi connectivity index (χ1) is 7.88. The van der Waals surface area contributed by atoms with Crippen molar-refractivity contribution in [3.63, 3.8) is 0 Å². The minimum atomic E-state index is 0.938. The Balaban J connectivity index is 1.57. The van der Waals surface area contributed by atoms with Crippen LogP contribution in [0, 0.1) is 11.8 Å². The highest BCUT2D eigenvalue weighted by Gasteiger charge is 2.20. The van der Waals surface area contributed by atoms with Crippen LogP contribution in [0.25, 0.3) is 0 Å². The minimum Gasteiger partial charge on any atom is -0.319 e. The summed E-state index contributed by atoms with van der Waals surface area (Å²) in [7, 11) is 2.08. The smallest absolute Gasteiger partial charge is 0.00156 e. The largest absolute Gasteiger partial charge is 0.319 e. The first-order valence-electron chi connectivity index (χ1n) is 7.25. The molecule has 1 aliphatic carbocycles. The highest BCUT2D eigenvalue weighted by atomic mass is 15.1. The summed E-state index contributed by atoms with van der Waals surface area (Å²) in [4.78, 5) is 2.70. The Bertz CT molecular complexity index is 179. The van der Waals surface area contributed by atoms with E-state index in [1.807, 2.05) is 0 Å². The molecule has 1 aliphatic heterocycles. The van der Waals surface area contributed by atoms with Crippen molar-refractivity contribution >= 4 is 0 Å². The van der Waals surface area contributed by atoms with Crippen LogP contribution in [0.4, 0.5) is 0 Å². The van der Waals surface area contributed by atoms with Crippen LogP contribution in [0.5, 0.6) is 0 Å². The van der Waals surface area contributed by atoms with E-state index in [9.17, 15) is 0 Å². The second-order valence-corrected chi connectivity index (χ2v) is 5.78. The standard InChI is InChI=1S/C14H28N2/c1-15-12-14-7-10-16(11-8-14)9-6-13-4-2-3-5-13/h13-15H,2-12H2,1H3. The van der Waals surface area contributed by atoms with Crippen molar-refractivity contribution in [2.45, 2.75) is 44.9 Å². The number of nitrogens with one attached hydrogen (secondary N) is 1.